The lowest BCUT2D eigenvalue weighted by Crippen LogP contribution is -2.37. The smallest absolute Gasteiger partial charge is 0.0950 e. The Morgan fingerprint density at radius 3 is 3.05 bits per heavy atom. The van der Waals surface area contributed by atoms with Gasteiger partial charge < -0.3 is 10.2 Å². The van der Waals surface area contributed by atoms with Crippen molar-refractivity contribution in [1.82, 2.24) is 15.5 Å². The molecule has 1 N–H and O–H groups in total. The van der Waals surface area contributed by atoms with E-state index >= 15 is 0 Å². The third kappa shape index (κ3) is 2.40. The van der Waals surface area contributed by atoms with Crippen LogP contribution in [0, 0.1) is 0 Å². The summed E-state index contributed by atoms with van der Waals surface area (Å²) in [5.41, 5.74) is 2.20. The highest BCUT2D eigenvalue weighted by Crippen LogP contribution is 2.27. The normalized spacial score (nSPS) is 18.9. The van der Waals surface area contributed by atoms with Crippen LogP contribution in [0.3, 0.4) is 0 Å². The first kappa shape index (κ1) is 12.4. The van der Waals surface area contributed by atoms with Gasteiger partial charge in [0.1, 0.15) is 0 Å². The molecule has 1 aromatic heterocycles. The van der Waals surface area contributed by atoms with Gasteiger partial charge in [0.25, 0.3) is 0 Å². The van der Waals surface area contributed by atoms with Gasteiger partial charge in [-0.1, -0.05) is 25.1 Å². The fourth-order valence-corrected chi connectivity index (χ4v) is 2.87. The van der Waals surface area contributed by atoms with Gasteiger partial charge in [0.15, 0.2) is 0 Å². The Morgan fingerprint density at radius 2 is 2.26 bits per heavy atom. The molecule has 0 aliphatic carbocycles. The summed E-state index contributed by atoms with van der Waals surface area (Å²) in [4.78, 5) is 2.50. The van der Waals surface area contributed by atoms with Crippen molar-refractivity contribution in [2.24, 2.45) is 0 Å². The minimum Gasteiger partial charge on any atom is -0.365 e. The lowest BCUT2D eigenvalue weighted by atomic mass is 10.1. The van der Waals surface area contributed by atoms with Gasteiger partial charge >= 0.3 is 0 Å². The number of fused-ring (bicyclic) bond motifs is 1. The summed E-state index contributed by atoms with van der Waals surface area (Å²) >= 11 is 0. The number of nitrogens with zero attached hydrogens (tertiary/aromatic N) is 3. The van der Waals surface area contributed by atoms with E-state index in [9.17, 15) is 0 Å². The molecule has 1 aliphatic rings. The first-order chi connectivity index (χ1) is 9.40. The Labute approximate surface area is 113 Å². The van der Waals surface area contributed by atoms with Crippen LogP contribution in [0.1, 0.15) is 19.8 Å². The van der Waals surface area contributed by atoms with Crippen molar-refractivity contribution in [1.29, 1.82) is 0 Å². The summed E-state index contributed by atoms with van der Waals surface area (Å²) in [6.07, 6.45) is 4.26. The Morgan fingerprint density at radius 1 is 1.37 bits per heavy atom. The van der Waals surface area contributed by atoms with Gasteiger partial charge in [-0.25, -0.2) is 0 Å². The predicted octanol–water partition coefficient (Wildman–Crippen LogP) is 2.21. The van der Waals surface area contributed by atoms with Gasteiger partial charge in [-0.3, -0.25) is 0 Å². The second kappa shape index (κ2) is 5.53. The lowest BCUT2D eigenvalue weighted by molar-refractivity contribution is 0.625. The minimum absolute atomic E-state index is 0.576. The largest absolute Gasteiger partial charge is 0.365 e. The minimum atomic E-state index is 0.576. The zero-order chi connectivity index (χ0) is 13.1. The molecule has 1 aliphatic heterocycles. The molecule has 3 rings (SSSR count). The van der Waals surface area contributed by atoms with Gasteiger partial charge in [-0.05, 0) is 25.5 Å². The number of rotatable bonds is 4. The van der Waals surface area contributed by atoms with Gasteiger partial charge in [-0.2, -0.15) is 10.2 Å². The van der Waals surface area contributed by atoms with Gasteiger partial charge in [0.2, 0.25) is 0 Å². The van der Waals surface area contributed by atoms with Crippen LogP contribution < -0.4 is 10.2 Å². The number of hydrogen-bond acceptors (Lipinski definition) is 4. The fraction of sp³-hybridized carbons (Fsp3) is 0.467. The summed E-state index contributed by atoms with van der Waals surface area (Å²) in [5, 5.41) is 13.1. The third-order valence-electron chi connectivity index (χ3n) is 3.77. The molecule has 1 fully saturated rings. The second-order valence-corrected chi connectivity index (χ2v) is 5.09. The van der Waals surface area contributed by atoms with E-state index in [0.717, 1.165) is 31.6 Å². The molecule has 0 radical (unpaired) electrons. The van der Waals surface area contributed by atoms with Crippen LogP contribution in [0.25, 0.3) is 10.9 Å². The van der Waals surface area contributed by atoms with E-state index in [-0.39, 0.29) is 0 Å². The average Bonchev–Trinajstić information content (AvgIpc) is 2.98. The third-order valence-corrected chi connectivity index (χ3v) is 3.77. The monoisotopic (exact) mass is 256 g/mol. The highest BCUT2D eigenvalue weighted by molar-refractivity contribution is 5.90. The van der Waals surface area contributed by atoms with Crippen LogP contribution in [0.5, 0.6) is 0 Å². The van der Waals surface area contributed by atoms with Crippen LogP contribution in [-0.2, 0) is 0 Å². The van der Waals surface area contributed by atoms with Crippen LogP contribution in [0.2, 0.25) is 0 Å². The molecule has 19 heavy (non-hydrogen) atoms. The van der Waals surface area contributed by atoms with E-state index in [4.69, 9.17) is 0 Å². The first-order valence-electron chi connectivity index (χ1n) is 7.08. The molecular weight excluding hydrogens is 236 g/mol. The first-order valence-corrected chi connectivity index (χ1v) is 7.08. The van der Waals surface area contributed by atoms with E-state index in [1.807, 2.05) is 18.3 Å². The summed E-state index contributed by atoms with van der Waals surface area (Å²) in [7, 11) is 0. The zero-order valence-corrected chi connectivity index (χ0v) is 11.3. The Bertz CT molecular complexity index is 543. The van der Waals surface area contributed by atoms with E-state index < -0.39 is 0 Å². The average molecular weight is 256 g/mol. The van der Waals surface area contributed by atoms with Gasteiger partial charge in [-0.15, -0.1) is 0 Å². The Hall–Kier alpha value is -1.68. The highest BCUT2D eigenvalue weighted by Gasteiger charge is 2.23. The number of anilines is 1. The molecule has 1 unspecified atom stereocenters. The molecule has 0 saturated carbocycles. The number of benzene rings is 1. The lowest BCUT2D eigenvalue weighted by Gasteiger charge is -2.30. The molecule has 0 spiro atoms. The molecular formula is C15H20N4. The Kier molecular flexibility index (Phi) is 3.60. The predicted molar refractivity (Wildman–Crippen MR) is 78.4 cm³/mol. The summed E-state index contributed by atoms with van der Waals surface area (Å²) in [6.45, 7) is 5.48. The molecule has 0 amide bonds. The van der Waals surface area contributed by atoms with Crippen molar-refractivity contribution >= 4 is 16.6 Å². The molecule has 0 bridgehead atoms. The van der Waals surface area contributed by atoms with Crippen LogP contribution in [0.15, 0.2) is 30.5 Å². The van der Waals surface area contributed by atoms with E-state index in [2.05, 4.69) is 39.5 Å². The number of aromatic nitrogens is 2. The van der Waals surface area contributed by atoms with Crippen LogP contribution in [-0.4, -0.2) is 35.9 Å². The van der Waals surface area contributed by atoms with Gasteiger partial charge in [0.05, 0.1) is 17.4 Å². The fourth-order valence-electron chi connectivity index (χ4n) is 2.87. The molecule has 1 atom stereocenters. The quantitative estimate of drug-likeness (QED) is 0.910. The van der Waals surface area contributed by atoms with Crippen LogP contribution >= 0.6 is 0 Å². The van der Waals surface area contributed by atoms with Gasteiger partial charge in [0, 0.05) is 24.5 Å². The summed E-state index contributed by atoms with van der Waals surface area (Å²) in [5.74, 6) is 0. The SMILES string of the molecule is CCCN(c1cnnc2ccccc12)C1CCNC1. The summed E-state index contributed by atoms with van der Waals surface area (Å²) < 4.78 is 0. The van der Waals surface area contributed by atoms with Crippen molar-refractivity contribution < 1.29 is 0 Å². The van der Waals surface area contributed by atoms with Crippen molar-refractivity contribution in [2.75, 3.05) is 24.5 Å². The van der Waals surface area contributed by atoms with E-state index in [1.165, 1.54) is 17.5 Å². The highest BCUT2D eigenvalue weighted by atomic mass is 15.2. The van der Waals surface area contributed by atoms with Crippen molar-refractivity contribution in [3.63, 3.8) is 0 Å². The standard InChI is InChI=1S/C15H20N4/c1-2-9-19(12-7-8-16-10-12)15-11-17-18-14-6-4-3-5-13(14)15/h3-6,11-12,16H,2,7-10H2,1H3. The molecule has 2 aromatic rings. The number of nitrogens with one attached hydrogen (secondary N) is 1. The van der Waals surface area contributed by atoms with Crippen molar-refractivity contribution in [3.8, 4) is 0 Å². The second-order valence-electron chi connectivity index (χ2n) is 5.09. The van der Waals surface area contributed by atoms with Crippen LogP contribution in [0.4, 0.5) is 5.69 Å². The zero-order valence-electron chi connectivity index (χ0n) is 11.3. The number of hydrogen-bond donors (Lipinski definition) is 1. The van der Waals surface area contributed by atoms with Crippen molar-refractivity contribution in [2.45, 2.75) is 25.8 Å². The molecule has 4 nitrogen and oxygen atoms in total. The molecule has 1 aromatic carbocycles. The maximum absolute atomic E-state index is 4.22. The summed E-state index contributed by atoms with van der Waals surface area (Å²) in [6, 6.07) is 8.84. The molecule has 4 heteroatoms. The molecule has 1 saturated heterocycles. The molecule has 2 heterocycles. The van der Waals surface area contributed by atoms with E-state index in [0.29, 0.717) is 6.04 Å². The Balaban J connectivity index is 2.03. The maximum atomic E-state index is 4.22. The van der Waals surface area contributed by atoms with E-state index in [1.54, 1.807) is 0 Å². The van der Waals surface area contributed by atoms with Crippen molar-refractivity contribution in [3.05, 3.63) is 30.5 Å². The maximum Gasteiger partial charge on any atom is 0.0950 e. The molecule has 100 valence electrons. The topological polar surface area (TPSA) is 41.1 Å².